The van der Waals surface area contributed by atoms with E-state index >= 15 is 0 Å². The van der Waals surface area contributed by atoms with Gasteiger partial charge in [0.1, 0.15) is 5.82 Å². The van der Waals surface area contributed by atoms with E-state index in [0.29, 0.717) is 24.8 Å². The molecule has 0 amide bonds. The van der Waals surface area contributed by atoms with Crippen LogP contribution in [0, 0.1) is 0 Å². The van der Waals surface area contributed by atoms with Gasteiger partial charge in [0.25, 0.3) is 0 Å². The van der Waals surface area contributed by atoms with Crippen LogP contribution in [0.5, 0.6) is 0 Å². The van der Waals surface area contributed by atoms with Crippen molar-refractivity contribution in [3.8, 4) is 11.3 Å². The maximum Gasteiger partial charge on any atom is 0.247 e. The third kappa shape index (κ3) is 4.14. The highest BCUT2D eigenvalue weighted by Gasteiger charge is 2.14. The van der Waals surface area contributed by atoms with Crippen molar-refractivity contribution in [3.63, 3.8) is 0 Å². The van der Waals surface area contributed by atoms with Gasteiger partial charge in [-0.15, -0.1) is 5.10 Å². The number of hydrogen-bond donors (Lipinski definition) is 1. The van der Waals surface area contributed by atoms with Crippen molar-refractivity contribution in [2.45, 2.75) is 4.90 Å². The van der Waals surface area contributed by atoms with Gasteiger partial charge in [-0.2, -0.15) is 4.98 Å². The van der Waals surface area contributed by atoms with Gasteiger partial charge in [0.2, 0.25) is 5.95 Å². The number of pyridine rings is 2. The number of anilines is 3. The first kappa shape index (κ1) is 20.4. The van der Waals surface area contributed by atoms with Gasteiger partial charge in [0.05, 0.1) is 35.7 Å². The molecule has 0 radical (unpaired) electrons. The number of fused-ring (bicyclic) bond motifs is 1. The molecule has 9 nitrogen and oxygen atoms in total. The fourth-order valence-corrected chi connectivity index (χ4v) is 4.30. The van der Waals surface area contributed by atoms with Crippen molar-refractivity contribution >= 4 is 32.9 Å². The molecule has 1 N–H and O–H groups in total. The number of morpholine rings is 1. The molecule has 0 spiro atoms. The zero-order valence-corrected chi connectivity index (χ0v) is 18.3. The lowest BCUT2D eigenvalue weighted by Crippen LogP contribution is -2.36. The minimum Gasteiger partial charge on any atom is -0.378 e. The lowest BCUT2D eigenvalue weighted by Gasteiger charge is -2.27. The van der Waals surface area contributed by atoms with Crippen molar-refractivity contribution in [2.24, 2.45) is 0 Å². The number of sulfone groups is 1. The second-order valence-electron chi connectivity index (χ2n) is 7.55. The average molecular weight is 451 g/mol. The van der Waals surface area contributed by atoms with Crippen LogP contribution in [0.4, 0.5) is 17.5 Å². The van der Waals surface area contributed by atoms with Crippen LogP contribution >= 0.6 is 0 Å². The second-order valence-corrected chi connectivity index (χ2v) is 9.56. The van der Waals surface area contributed by atoms with E-state index in [4.69, 9.17) is 4.74 Å². The molecule has 1 aliphatic rings. The molecule has 4 heterocycles. The maximum absolute atomic E-state index is 12.0. The van der Waals surface area contributed by atoms with Crippen LogP contribution in [0.1, 0.15) is 0 Å². The average Bonchev–Trinajstić information content (AvgIpc) is 3.22. The smallest absolute Gasteiger partial charge is 0.247 e. The molecule has 0 saturated carbocycles. The zero-order chi connectivity index (χ0) is 22.1. The summed E-state index contributed by atoms with van der Waals surface area (Å²) in [5.41, 5.74) is 2.91. The number of benzene rings is 1. The number of hydrogen-bond acceptors (Lipinski definition) is 8. The molecule has 32 heavy (non-hydrogen) atoms. The maximum atomic E-state index is 12.0. The largest absolute Gasteiger partial charge is 0.378 e. The van der Waals surface area contributed by atoms with E-state index in [-0.39, 0.29) is 4.90 Å². The fourth-order valence-electron chi connectivity index (χ4n) is 3.63. The van der Waals surface area contributed by atoms with E-state index < -0.39 is 9.84 Å². The third-order valence-electron chi connectivity index (χ3n) is 5.26. The Hall–Kier alpha value is -3.50. The molecule has 1 saturated heterocycles. The molecule has 10 heteroatoms. The van der Waals surface area contributed by atoms with Crippen LogP contribution in [-0.4, -0.2) is 60.6 Å². The Labute approximate surface area is 185 Å². The summed E-state index contributed by atoms with van der Waals surface area (Å²) in [6.45, 7) is 3.08. The number of nitrogens with zero attached hydrogens (tertiary/aromatic N) is 5. The highest BCUT2D eigenvalue weighted by atomic mass is 32.2. The summed E-state index contributed by atoms with van der Waals surface area (Å²) < 4.78 is 31.0. The first-order valence-electron chi connectivity index (χ1n) is 10.2. The number of aromatic nitrogens is 4. The topological polar surface area (TPSA) is 102 Å². The van der Waals surface area contributed by atoms with Gasteiger partial charge >= 0.3 is 0 Å². The van der Waals surface area contributed by atoms with Crippen molar-refractivity contribution < 1.29 is 13.2 Å². The van der Waals surface area contributed by atoms with Gasteiger partial charge in [-0.3, -0.25) is 0 Å². The molecule has 0 unspecified atom stereocenters. The highest BCUT2D eigenvalue weighted by molar-refractivity contribution is 7.90. The lowest BCUT2D eigenvalue weighted by atomic mass is 10.1. The monoisotopic (exact) mass is 450 g/mol. The molecule has 3 aromatic heterocycles. The fraction of sp³-hybridized carbons (Fsp3) is 0.227. The van der Waals surface area contributed by atoms with Gasteiger partial charge < -0.3 is 15.0 Å². The predicted molar refractivity (Wildman–Crippen MR) is 122 cm³/mol. The lowest BCUT2D eigenvalue weighted by molar-refractivity contribution is 0.122. The van der Waals surface area contributed by atoms with Crippen LogP contribution in [0.3, 0.4) is 0 Å². The Morgan fingerprint density at radius 1 is 1.03 bits per heavy atom. The third-order valence-corrected chi connectivity index (χ3v) is 6.37. The predicted octanol–water partition coefficient (Wildman–Crippen LogP) is 2.78. The summed E-state index contributed by atoms with van der Waals surface area (Å²) in [4.78, 5) is 11.5. The molecule has 1 aromatic carbocycles. The molecule has 0 bridgehead atoms. The van der Waals surface area contributed by atoms with E-state index in [1.54, 1.807) is 28.9 Å². The van der Waals surface area contributed by atoms with Crippen molar-refractivity contribution in [3.05, 3.63) is 60.8 Å². The first-order chi connectivity index (χ1) is 15.5. The number of rotatable bonds is 5. The van der Waals surface area contributed by atoms with E-state index in [9.17, 15) is 8.42 Å². The molecular formula is C22H22N6O3S. The molecule has 1 aliphatic heterocycles. The Bertz CT molecular complexity index is 1360. The normalized spacial score (nSPS) is 14.6. The van der Waals surface area contributed by atoms with Gasteiger partial charge in [0, 0.05) is 24.9 Å². The summed E-state index contributed by atoms with van der Waals surface area (Å²) >= 11 is 0. The molecule has 5 rings (SSSR count). The van der Waals surface area contributed by atoms with Crippen molar-refractivity contribution in [1.82, 2.24) is 19.6 Å². The van der Waals surface area contributed by atoms with Crippen molar-refractivity contribution in [2.75, 3.05) is 42.8 Å². The van der Waals surface area contributed by atoms with Gasteiger partial charge in [-0.1, -0.05) is 18.2 Å². The zero-order valence-electron chi connectivity index (χ0n) is 17.5. The number of ether oxygens (including phenoxy) is 1. The minimum atomic E-state index is -3.31. The molecular weight excluding hydrogens is 428 g/mol. The Kier molecular flexibility index (Phi) is 5.24. The van der Waals surface area contributed by atoms with Gasteiger partial charge in [0.15, 0.2) is 15.5 Å². The molecule has 0 aliphatic carbocycles. The second kappa shape index (κ2) is 8.21. The van der Waals surface area contributed by atoms with Crippen LogP contribution in [0.15, 0.2) is 65.7 Å². The van der Waals surface area contributed by atoms with Crippen LogP contribution in [-0.2, 0) is 14.6 Å². The minimum absolute atomic E-state index is 0.261. The van der Waals surface area contributed by atoms with E-state index in [1.165, 1.54) is 6.26 Å². The summed E-state index contributed by atoms with van der Waals surface area (Å²) in [6.07, 6.45) is 2.95. The number of nitrogens with one attached hydrogen (secondary N) is 1. The standard InChI is InChI=1S/C22H22N6O3S/c1-32(29,30)18-5-2-4-16(14-18)19-6-3-7-21-25-22(26-28(19)21)24-17-8-9-20(23-15-17)27-10-12-31-13-11-27/h2-9,14-15H,10-13H2,1H3,(H,24,26). The molecule has 164 valence electrons. The SMILES string of the molecule is CS(=O)(=O)c1cccc(-c2cccc3nc(Nc4ccc(N5CCOCC5)nc4)nn23)c1. The van der Waals surface area contributed by atoms with Gasteiger partial charge in [-0.25, -0.2) is 17.9 Å². The molecule has 4 aromatic rings. The van der Waals surface area contributed by atoms with Crippen LogP contribution in [0.2, 0.25) is 0 Å². The Morgan fingerprint density at radius 3 is 2.59 bits per heavy atom. The van der Waals surface area contributed by atoms with E-state index in [2.05, 4.69) is 25.3 Å². The Morgan fingerprint density at radius 2 is 1.84 bits per heavy atom. The summed E-state index contributed by atoms with van der Waals surface area (Å²) in [5.74, 6) is 1.34. The van der Waals surface area contributed by atoms with Gasteiger partial charge in [-0.05, 0) is 36.4 Å². The Balaban J connectivity index is 1.42. The van der Waals surface area contributed by atoms with Crippen molar-refractivity contribution in [1.29, 1.82) is 0 Å². The van der Waals surface area contributed by atoms with Crippen LogP contribution in [0.25, 0.3) is 16.9 Å². The summed E-state index contributed by atoms with van der Waals surface area (Å²) in [5, 5.41) is 7.77. The molecule has 1 fully saturated rings. The van der Waals surface area contributed by atoms with Crippen LogP contribution < -0.4 is 10.2 Å². The van der Waals surface area contributed by atoms with E-state index in [1.807, 2.05) is 36.4 Å². The summed E-state index contributed by atoms with van der Waals surface area (Å²) in [6, 6.07) is 16.3. The van der Waals surface area contributed by atoms with E-state index in [0.717, 1.165) is 35.9 Å². The quantitative estimate of drug-likeness (QED) is 0.495. The highest BCUT2D eigenvalue weighted by Crippen LogP contribution is 2.24. The molecule has 0 atom stereocenters. The summed E-state index contributed by atoms with van der Waals surface area (Å²) in [7, 11) is -3.31. The first-order valence-corrected chi connectivity index (χ1v) is 12.1.